The lowest BCUT2D eigenvalue weighted by Crippen LogP contribution is -2.34. The summed E-state index contributed by atoms with van der Waals surface area (Å²) < 4.78 is 5.17. The molecule has 2 heterocycles. The van der Waals surface area contributed by atoms with Gasteiger partial charge in [-0.1, -0.05) is 0 Å². The normalized spacial score (nSPS) is 13.0. The number of carbonyl (C=O) groups is 3. The molecule has 31 heavy (non-hydrogen) atoms. The summed E-state index contributed by atoms with van der Waals surface area (Å²) in [6, 6.07) is 5.77. The van der Waals surface area contributed by atoms with Crippen molar-refractivity contribution in [1.82, 2.24) is 4.90 Å². The maximum absolute atomic E-state index is 12.5. The molecule has 0 spiro atoms. The second-order valence-corrected chi connectivity index (χ2v) is 7.90. The van der Waals surface area contributed by atoms with Gasteiger partial charge in [0.15, 0.2) is 0 Å². The number of nitro groups is 1. The van der Waals surface area contributed by atoms with Crippen LogP contribution in [0.1, 0.15) is 40.2 Å². The highest BCUT2D eigenvalue weighted by atomic mass is 32.1. The van der Waals surface area contributed by atoms with Crippen molar-refractivity contribution in [3.05, 3.63) is 62.0 Å². The smallest absolute Gasteiger partial charge is 0.341 e. The second kappa shape index (κ2) is 9.52. The third-order valence-corrected chi connectivity index (χ3v) is 5.88. The summed E-state index contributed by atoms with van der Waals surface area (Å²) in [5.41, 5.74) is 1.72. The number of non-ortho nitro benzene ring substituents is 1. The Morgan fingerprint density at radius 1 is 1.29 bits per heavy atom. The van der Waals surface area contributed by atoms with Crippen LogP contribution in [0.25, 0.3) is 6.08 Å². The quantitative estimate of drug-likeness (QED) is 0.316. The van der Waals surface area contributed by atoms with Crippen molar-refractivity contribution in [2.24, 2.45) is 0 Å². The third-order valence-electron chi connectivity index (χ3n) is 4.75. The first-order valence-electron chi connectivity index (χ1n) is 9.60. The molecular formula is C21H21N3O6S. The van der Waals surface area contributed by atoms with Gasteiger partial charge in [0.1, 0.15) is 5.00 Å². The highest BCUT2D eigenvalue weighted by Gasteiger charge is 2.30. The van der Waals surface area contributed by atoms with Gasteiger partial charge >= 0.3 is 5.97 Å². The standard InChI is InChI=1S/C21H21N3O6S/c1-3-30-21(27)19-16-10-11-23(13(2)25)12-17(16)31-20(19)22-18(26)9-6-14-4-7-15(8-5-14)24(28)29/h4-9H,3,10-12H2,1-2H3,(H,22,26)/b9-6+. The van der Waals surface area contributed by atoms with Crippen molar-refractivity contribution < 1.29 is 24.0 Å². The van der Waals surface area contributed by atoms with E-state index in [1.165, 1.54) is 54.7 Å². The Bertz CT molecular complexity index is 1060. The molecule has 0 atom stereocenters. The van der Waals surface area contributed by atoms with Crippen LogP contribution in [0.15, 0.2) is 30.3 Å². The number of fused-ring (bicyclic) bond motifs is 1. The number of nitrogens with one attached hydrogen (secondary N) is 1. The van der Waals surface area contributed by atoms with Gasteiger partial charge in [-0.15, -0.1) is 11.3 Å². The Labute approximate surface area is 182 Å². The molecule has 0 saturated heterocycles. The van der Waals surface area contributed by atoms with E-state index in [4.69, 9.17) is 4.74 Å². The molecule has 0 aliphatic carbocycles. The van der Waals surface area contributed by atoms with Gasteiger partial charge in [0.05, 0.1) is 23.6 Å². The molecule has 0 bridgehead atoms. The van der Waals surface area contributed by atoms with Gasteiger partial charge in [0.2, 0.25) is 11.8 Å². The maximum atomic E-state index is 12.5. The van der Waals surface area contributed by atoms with Gasteiger partial charge in [-0.2, -0.15) is 0 Å². The fourth-order valence-electron chi connectivity index (χ4n) is 3.21. The topological polar surface area (TPSA) is 119 Å². The first kappa shape index (κ1) is 22.2. The van der Waals surface area contributed by atoms with E-state index in [2.05, 4.69) is 5.32 Å². The van der Waals surface area contributed by atoms with E-state index in [1.54, 1.807) is 11.8 Å². The minimum absolute atomic E-state index is 0.0375. The van der Waals surface area contributed by atoms with Crippen LogP contribution in [0.5, 0.6) is 0 Å². The zero-order valence-corrected chi connectivity index (χ0v) is 17.9. The Kier molecular flexibility index (Phi) is 6.81. The van der Waals surface area contributed by atoms with Crippen LogP contribution in [0.3, 0.4) is 0 Å². The molecule has 0 radical (unpaired) electrons. The predicted molar refractivity (Wildman–Crippen MR) is 116 cm³/mol. The van der Waals surface area contributed by atoms with Crippen LogP contribution in [-0.4, -0.2) is 40.8 Å². The van der Waals surface area contributed by atoms with Crippen molar-refractivity contribution in [2.75, 3.05) is 18.5 Å². The molecule has 0 fully saturated rings. The van der Waals surface area contributed by atoms with E-state index in [0.717, 1.165) is 10.4 Å². The van der Waals surface area contributed by atoms with E-state index in [1.807, 2.05) is 0 Å². The van der Waals surface area contributed by atoms with Gasteiger partial charge in [-0.05, 0) is 42.7 Å². The van der Waals surface area contributed by atoms with Crippen LogP contribution < -0.4 is 5.32 Å². The monoisotopic (exact) mass is 443 g/mol. The predicted octanol–water partition coefficient (Wildman–Crippen LogP) is 3.39. The molecule has 0 saturated carbocycles. The Morgan fingerprint density at radius 2 is 2.00 bits per heavy atom. The molecule has 1 N–H and O–H groups in total. The number of anilines is 1. The van der Waals surface area contributed by atoms with Gasteiger partial charge in [0, 0.05) is 36.6 Å². The second-order valence-electron chi connectivity index (χ2n) is 6.79. The van der Waals surface area contributed by atoms with E-state index >= 15 is 0 Å². The van der Waals surface area contributed by atoms with Crippen molar-refractivity contribution in [1.29, 1.82) is 0 Å². The number of rotatable bonds is 6. The molecular weight excluding hydrogens is 422 g/mol. The fourth-order valence-corrected chi connectivity index (χ4v) is 4.47. The van der Waals surface area contributed by atoms with Gasteiger partial charge in [0.25, 0.3) is 5.69 Å². The number of carbonyl (C=O) groups excluding carboxylic acids is 3. The summed E-state index contributed by atoms with van der Waals surface area (Å²) in [6.45, 7) is 4.29. The zero-order chi connectivity index (χ0) is 22.5. The molecule has 3 rings (SSSR count). The number of ether oxygens (including phenoxy) is 1. The number of thiophene rings is 1. The Hall–Kier alpha value is -3.53. The van der Waals surface area contributed by atoms with Crippen LogP contribution >= 0.6 is 11.3 Å². The van der Waals surface area contributed by atoms with Gasteiger partial charge < -0.3 is 15.0 Å². The molecule has 10 heteroatoms. The molecule has 1 aliphatic heterocycles. The fraction of sp³-hybridized carbons (Fsp3) is 0.286. The minimum atomic E-state index is -0.508. The highest BCUT2D eigenvalue weighted by Crippen LogP contribution is 2.37. The average Bonchev–Trinajstić information content (AvgIpc) is 3.09. The summed E-state index contributed by atoms with van der Waals surface area (Å²) >= 11 is 1.26. The van der Waals surface area contributed by atoms with Crippen molar-refractivity contribution in [2.45, 2.75) is 26.8 Å². The number of benzene rings is 1. The number of nitro benzene ring substituents is 1. The molecule has 0 unspecified atom stereocenters. The molecule has 2 aromatic rings. The summed E-state index contributed by atoms with van der Waals surface area (Å²) in [4.78, 5) is 49.5. The average molecular weight is 443 g/mol. The Morgan fingerprint density at radius 3 is 2.61 bits per heavy atom. The largest absolute Gasteiger partial charge is 0.462 e. The van der Waals surface area contributed by atoms with Crippen molar-refractivity contribution in [3.8, 4) is 0 Å². The molecule has 2 amide bonds. The summed E-state index contributed by atoms with van der Waals surface area (Å²) in [7, 11) is 0. The van der Waals surface area contributed by atoms with E-state index < -0.39 is 16.8 Å². The number of amides is 2. The van der Waals surface area contributed by atoms with Gasteiger partial charge in [-0.25, -0.2) is 4.79 Å². The molecule has 162 valence electrons. The molecule has 1 aromatic carbocycles. The SMILES string of the molecule is CCOC(=O)c1c(NC(=O)/C=C/c2ccc([N+](=O)[O-])cc2)sc2c1CCN(C(C)=O)C2. The number of nitrogens with zero attached hydrogens (tertiary/aromatic N) is 2. The molecule has 9 nitrogen and oxygen atoms in total. The third kappa shape index (κ3) is 5.15. The maximum Gasteiger partial charge on any atom is 0.341 e. The zero-order valence-electron chi connectivity index (χ0n) is 17.0. The minimum Gasteiger partial charge on any atom is -0.462 e. The lowest BCUT2D eigenvalue weighted by molar-refractivity contribution is -0.384. The number of esters is 1. The number of hydrogen-bond acceptors (Lipinski definition) is 7. The first-order chi connectivity index (χ1) is 14.8. The number of hydrogen-bond donors (Lipinski definition) is 1. The van der Waals surface area contributed by atoms with Crippen LogP contribution in [0.4, 0.5) is 10.7 Å². The van der Waals surface area contributed by atoms with Crippen LogP contribution in [-0.2, 0) is 27.3 Å². The van der Waals surface area contributed by atoms with E-state index in [-0.39, 0.29) is 18.2 Å². The molecule has 1 aliphatic rings. The lowest BCUT2D eigenvalue weighted by Gasteiger charge is -2.25. The summed E-state index contributed by atoms with van der Waals surface area (Å²) in [5, 5.41) is 13.8. The summed E-state index contributed by atoms with van der Waals surface area (Å²) in [6.07, 6.45) is 3.32. The molecule has 1 aromatic heterocycles. The Balaban J connectivity index is 1.81. The first-order valence-corrected chi connectivity index (χ1v) is 10.4. The highest BCUT2D eigenvalue weighted by molar-refractivity contribution is 7.17. The summed E-state index contributed by atoms with van der Waals surface area (Å²) in [5.74, 6) is -1.01. The van der Waals surface area contributed by atoms with E-state index in [0.29, 0.717) is 35.6 Å². The van der Waals surface area contributed by atoms with Crippen LogP contribution in [0.2, 0.25) is 0 Å². The van der Waals surface area contributed by atoms with Crippen molar-refractivity contribution in [3.63, 3.8) is 0 Å². The van der Waals surface area contributed by atoms with Crippen molar-refractivity contribution >= 4 is 45.9 Å². The van der Waals surface area contributed by atoms with Crippen LogP contribution in [0, 0.1) is 10.1 Å². The van der Waals surface area contributed by atoms with E-state index in [9.17, 15) is 24.5 Å². The van der Waals surface area contributed by atoms with Gasteiger partial charge in [-0.3, -0.25) is 19.7 Å². The lowest BCUT2D eigenvalue weighted by atomic mass is 10.0.